The highest BCUT2D eigenvalue weighted by Gasteiger charge is 2.15. The number of carboxylic acid groups (broad SMARTS) is 1. The lowest BCUT2D eigenvalue weighted by molar-refractivity contribution is -0.137. The summed E-state index contributed by atoms with van der Waals surface area (Å²) in [5.41, 5.74) is 0.545. The molecule has 1 rings (SSSR count). The fourth-order valence-electron chi connectivity index (χ4n) is 1.02. The Balaban J connectivity index is 2.77. The number of hydrogen-bond acceptors (Lipinski definition) is 3. The van der Waals surface area contributed by atoms with Crippen molar-refractivity contribution in [1.82, 2.24) is 4.98 Å². The number of nitrogens with one attached hydrogen (secondary N) is 1. The molecule has 0 amide bonds. The first-order chi connectivity index (χ1) is 6.65. The molecule has 5 heteroatoms. The molecule has 1 aromatic rings. The molecular formula is C9H11ClN2O2. The molecule has 4 nitrogen and oxygen atoms in total. The standard InChI is InChI=1S/C9H11ClN2O2/c1-2-6(9(13)14)12-7-4-3-5-11-8(7)10/h3-6,12H,2H2,1H3,(H,13,14)/t6-/m0/s1. The van der Waals surface area contributed by atoms with Crippen LogP contribution in [-0.2, 0) is 4.79 Å². The molecule has 0 aliphatic rings. The van der Waals surface area contributed by atoms with Crippen LogP contribution in [0.3, 0.4) is 0 Å². The first kappa shape index (κ1) is 10.8. The second-order valence-electron chi connectivity index (χ2n) is 2.79. The van der Waals surface area contributed by atoms with E-state index >= 15 is 0 Å². The molecule has 1 atom stereocenters. The third-order valence-corrected chi connectivity index (χ3v) is 2.10. The molecule has 0 saturated heterocycles. The number of carboxylic acids is 1. The molecule has 0 spiro atoms. The number of hydrogen-bond donors (Lipinski definition) is 2. The number of aliphatic carboxylic acids is 1. The second-order valence-corrected chi connectivity index (χ2v) is 3.14. The maximum absolute atomic E-state index is 10.7. The van der Waals surface area contributed by atoms with Crippen LogP contribution in [0.2, 0.25) is 5.15 Å². The van der Waals surface area contributed by atoms with E-state index in [0.717, 1.165) is 0 Å². The van der Waals surface area contributed by atoms with Gasteiger partial charge in [-0.25, -0.2) is 9.78 Å². The average Bonchev–Trinajstić information content (AvgIpc) is 2.16. The lowest BCUT2D eigenvalue weighted by Gasteiger charge is -2.13. The summed E-state index contributed by atoms with van der Waals surface area (Å²) < 4.78 is 0. The van der Waals surface area contributed by atoms with E-state index < -0.39 is 12.0 Å². The Labute approximate surface area is 86.9 Å². The average molecular weight is 215 g/mol. The van der Waals surface area contributed by atoms with Crippen LogP contribution >= 0.6 is 11.6 Å². The van der Waals surface area contributed by atoms with Gasteiger partial charge in [0.25, 0.3) is 0 Å². The minimum absolute atomic E-state index is 0.284. The van der Waals surface area contributed by atoms with Crippen LogP contribution < -0.4 is 5.32 Å². The fourth-order valence-corrected chi connectivity index (χ4v) is 1.19. The van der Waals surface area contributed by atoms with Crippen molar-refractivity contribution in [3.8, 4) is 0 Å². The number of nitrogens with zero attached hydrogens (tertiary/aromatic N) is 1. The molecule has 1 heterocycles. The van der Waals surface area contributed by atoms with E-state index in [-0.39, 0.29) is 5.15 Å². The summed E-state index contributed by atoms with van der Waals surface area (Å²) in [7, 11) is 0. The molecule has 0 saturated carbocycles. The Morgan fingerprint density at radius 1 is 1.79 bits per heavy atom. The van der Waals surface area contributed by atoms with Crippen LogP contribution in [0.25, 0.3) is 0 Å². The monoisotopic (exact) mass is 214 g/mol. The zero-order valence-corrected chi connectivity index (χ0v) is 8.45. The predicted octanol–water partition coefficient (Wildman–Crippen LogP) is 2.01. The maximum Gasteiger partial charge on any atom is 0.326 e. The highest BCUT2D eigenvalue weighted by molar-refractivity contribution is 6.32. The van der Waals surface area contributed by atoms with Gasteiger partial charge in [0.05, 0.1) is 5.69 Å². The number of carbonyl (C=O) groups is 1. The van der Waals surface area contributed by atoms with Gasteiger partial charge in [0.1, 0.15) is 6.04 Å². The summed E-state index contributed by atoms with van der Waals surface area (Å²) in [5.74, 6) is -0.896. The van der Waals surface area contributed by atoms with Crippen LogP contribution in [0.1, 0.15) is 13.3 Å². The molecule has 14 heavy (non-hydrogen) atoms. The molecule has 0 fully saturated rings. The third kappa shape index (κ3) is 2.60. The lowest BCUT2D eigenvalue weighted by Crippen LogP contribution is -2.28. The van der Waals surface area contributed by atoms with Crippen LogP contribution in [0.4, 0.5) is 5.69 Å². The Kier molecular flexibility index (Phi) is 3.71. The first-order valence-corrected chi connectivity index (χ1v) is 4.62. The van der Waals surface area contributed by atoms with Crippen molar-refractivity contribution in [2.75, 3.05) is 5.32 Å². The fraction of sp³-hybridized carbons (Fsp3) is 0.333. The van der Waals surface area contributed by atoms with Crippen LogP contribution in [-0.4, -0.2) is 22.1 Å². The summed E-state index contributed by atoms with van der Waals surface area (Å²) in [5, 5.41) is 11.9. The topological polar surface area (TPSA) is 62.2 Å². The van der Waals surface area contributed by atoms with Gasteiger partial charge in [0, 0.05) is 6.20 Å². The van der Waals surface area contributed by atoms with Crippen LogP contribution in [0.5, 0.6) is 0 Å². The Hall–Kier alpha value is -1.29. The van der Waals surface area contributed by atoms with Crippen LogP contribution in [0, 0.1) is 0 Å². The molecule has 0 aliphatic heterocycles. The van der Waals surface area contributed by atoms with Gasteiger partial charge in [-0.2, -0.15) is 0 Å². The van der Waals surface area contributed by atoms with Gasteiger partial charge in [0.15, 0.2) is 5.15 Å². The minimum atomic E-state index is -0.896. The Bertz CT molecular complexity index is 330. The van der Waals surface area contributed by atoms with Crippen molar-refractivity contribution >= 4 is 23.3 Å². The van der Waals surface area contributed by atoms with Gasteiger partial charge < -0.3 is 10.4 Å². The summed E-state index contributed by atoms with van der Waals surface area (Å²) in [6.45, 7) is 1.79. The van der Waals surface area contributed by atoms with Crippen molar-refractivity contribution in [2.45, 2.75) is 19.4 Å². The van der Waals surface area contributed by atoms with E-state index in [1.165, 1.54) is 0 Å². The van der Waals surface area contributed by atoms with Gasteiger partial charge in [-0.05, 0) is 18.6 Å². The zero-order chi connectivity index (χ0) is 10.6. The number of pyridine rings is 1. The van der Waals surface area contributed by atoms with Gasteiger partial charge in [-0.1, -0.05) is 18.5 Å². The zero-order valence-electron chi connectivity index (χ0n) is 7.70. The summed E-state index contributed by atoms with van der Waals surface area (Å²) in [6.07, 6.45) is 2.04. The minimum Gasteiger partial charge on any atom is -0.480 e. The number of halogens is 1. The van der Waals surface area contributed by atoms with Gasteiger partial charge in [-0.15, -0.1) is 0 Å². The molecule has 0 radical (unpaired) electrons. The lowest BCUT2D eigenvalue weighted by atomic mass is 10.2. The van der Waals surface area contributed by atoms with Gasteiger partial charge >= 0.3 is 5.97 Å². The van der Waals surface area contributed by atoms with Gasteiger partial charge in [-0.3, -0.25) is 0 Å². The summed E-state index contributed by atoms with van der Waals surface area (Å²) in [4.78, 5) is 14.6. The Morgan fingerprint density at radius 2 is 2.50 bits per heavy atom. The van der Waals surface area contributed by atoms with Gasteiger partial charge in [0.2, 0.25) is 0 Å². The van der Waals surface area contributed by atoms with Crippen molar-refractivity contribution in [1.29, 1.82) is 0 Å². The van der Waals surface area contributed by atoms with E-state index in [9.17, 15) is 4.79 Å². The maximum atomic E-state index is 10.7. The first-order valence-electron chi connectivity index (χ1n) is 4.25. The molecule has 76 valence electrons. The number of anilines is 1. The van der Waals surface area contributed by atoms with E-state index in [1.807, 2.05) is 0 Å². The quantitative estimate of drug-likeness (QED) is 0.753. The predicted molar refractivity (Wildman–Crippen MR) is 54.6 cm³/mol. The van der Waals surface area contributed by atoms with E-state index in [4.69, 9.17) is 16.7 Å². The van der Waals surface area contributed by atoms with E-state index in [2.05, 4.69) is 10.3 Å². The molecule has 1 aromatic heterocycles. The number of rotatable bonds is 4. The van der Waals surface area contributed by atoms with Crippen LogP contribution in [0.15, 0.2) is 18.3 Å². The molecule has 0 aromatic carbocycles. The normalized spacial score (nSPS) is 12.1. The molecular weight excluding hydrogens is 204 g/mol. The van der Waals surface area contributed by atoms with E-state index in [0.29, 0.717) is 12.1 Å². The third-order valence-electron chi connectivity index (χ3n) is 1.80. The molecule has 0 aliphatic carbocycles. The van der Waals surface area contributed by atoms with Crippen molar-refractivity contribution in [3.63, 3.8) is 0 Å². The number of aromatic nitrogens is 1. The van der Waals surface area contributed by atoms with Crippen molar-refractivity contribution in [3.05, 3.63) is 23.5 Å². The van der Waals surface area contributed by atoms with E-state index in [1.54, 1.807) is 25.3 Å². The second kappa shape index (κ2) is 4.81. The molecule has 0 unspecified atom stereocenters. The van der Waals surface area contributed by atoms with Crippen molar-refractivity contribution < 1.29 is 9.90 Å². The summed E-state index contributed by atoms with van der Waals surface area (Å²) in [6, 6.07) is 2.76. The largest absolute Gasteiger partial charge is 0.480 e. The molecule has 2 N–H and O–H groups in total. The highest BCUT2D eigenvalue weighted by Crippen LogP contribution is 2.18. The SMILES string of the molecule is CC[C@H](Nc1cccnc1Cl)C(=O)O. The smallest absolute Gasteiger partial charge is 0.326 e. The Morgan fingerprint density at radius 3 is 3.00 bits per heavy atom. The summed E-state index contributed by atoms with van der Waals surface area (Å²) >= 11 is 5.76. The van der Waals surface area contributed by atoms with Crippen molar-refractivity contribution in [2.24, 2.45) is 0 Å². The molecule has 0 bridgehead atoms. The highest BCUT2D eigenvalue weighted by atomic mass is 35.5.